The summed E-state index contributed by atoms with van der Waals surface area (Å²) in [5, 5.41) is 9.35. The van der Waals surface area contributed by atoms with E-state index in [1.165, 1.54) is 125 Å². The van der Waals surface area contributed by atoms with E-state index in [2.05, 4.69) is 219 Å². The van der Waals surface area contributed by atoms with Gasteiger partial charge in [0.05, 0.1) is 5.52 Å². The zero-order chi connectivity index (χ0) is 45.4. The van der Waals surface area contributed by atoms with Crippen molar-refractivity contribution in [2.45, 2.75) is 90.9 Å². The lowest BCUT2D eigenvalue weighted by atomic mass is 9.58. The molecule has 10 aromatic rings. The van der Waals surface area contributed by atoms with Gasteiger partial charge < -0.3 is 9.88 Å². The maximum atomic E-state index is 4.04. The van der Waals surface area contributed by atoms with Crippen molar-refractivity contribution in [2.24, 2.45) is 0 Å². The molecule has 0 spiro atoms. The van der Waals surface area contributed by atoms with Crippen LogP contribution in [0.1, 0.15) is 103 Å². The molecule has 13 rings (SSSR count). The Morgan fingerprint density at radius 3 is 1.92 bits per heavy atom. The van der Waals surface area contributed by atoms with Crippen LogP contribution in [0.4, 0.5) is 11.4 Å². The van der Waals surface area contributed by atoms with Crippen molar-refractivity contribution in [3.63, 3.8) is 0 Å². The minimum Gasteiger partial charge on any atom is -0.355 e. The molecular weight excluding hydrogens is 816 g/mol. The highest BCUT2D eigenvalue weighted by atomic mass is 32.1. The van der Waals surface area contributed by atoms with Gasteiger partial charge in [0.25, 0.3) is 0 Å². The summed E-state index contributed by atoms with van der Waals surface area (Å²) in [7, 11) is 0.852. The molecule has 0 amide bonds. The van der Waals surface area contributed by atoms with Crippen LogP contribution in [0.25, 0.3) is 81.0 Å². The quantitative estimate of drug-likeness (QED) is 0.175. The minimum atomic E-state index is -0.175. The Labute approximate surface area is 393 Å². The van der Waals surface area contributed by atoms with Crippen LogP contribution in [0.2, 0.25) is 0 Å². The third-order valence-corrected chi connectivity index (χ3v) is 17.1. The molecule has 66 heavy (non-hydrogen) atoms. The number of rotatable bonds is 3. The first kappa shape index (κ1) is 40.0. The average Bonchev–Trinajstić information content (AvgIpc) is 3.95. The molecule has 0 unspecified atom stereocenters. The molecule has 0 radical (unpaired) electrons. The molecule has 8 aromatic carbocycles. The van der Waals surface area contributed by atoms with E-state index in [1.807, 2.05) is 11.3 Å². The number of anilines is 2. The number of hydrogen-bond donors (Lipinski definition) is 1. The summed E-state index contributed by atoms with van der Waals surface area (Å²) in [5.74, 6) is 0. The van der Waals surface area contributed by atoms with Gasteiger partial charge in [-0.15, -0.1) is 11.3 Å². The third kappa shape index (κ3) is 5.48. The van der Waals surface area contributed by atoms with Gasteiger partial charge >= 0.3 is 0 Å². The van der Waals surface area contributed by atoms with Gasteiger partial charge in [-0.2, -0.15) is 0 Å². The number of aromatic nitrogens is 1. The van der Waals surface area contributed by atoms with E-state index >= 15 is 0 Å². The summed E-state index contributed by atoms with van der Waals surface area (Å²) in [5.41, 5.74) is 25.1. The standard InChI is InChI=1S/C62H55BN2S/c1-59(2,3)34-19-22-36(23-20-34)64-52-29-42-38-24-21-35(60(4,5)6)27-48(38)62(9,10)49(42)28-44(52)40-25-26-41-45-32-56-46(39-16-12-14-18-55(39)66-56)31-53(45)65-54-30-43-37-15-11-13-17-47(37)61(7,8)50(43)33-51(54)63-57(40)58(41)65/h11-33,63-64H,1-10H3. The Balaban J connectivity index is 1.09. The van der Waals surface area contributed by atoms with Crippen LogP contribution in [0, 0.1) is 0 Å². The van der Waals surface area contributed by atoms with Gasteiger partial charge in [-0.3, -0.25) is 0 Å². The summed E-state index contributed by atoms with van der Waals surface area (Å²) in [6.07, 6.45) is 0. The summed E-state index contributed by atoms with van der Waals surface area (Å²) in [4.78, 5) is 0. The summed E-state index contributed by atoms with van der Waals surface area (Å²) in [6.45, 7) is 23.5. The van der Waals surface area contributed by atoms with E-state index in [0.717, 1.165) is 18.7 Å². The molecule has 3 heterocycles. The number of fused-ring (bicyclic) bond motifs is 14. The predicted octanol–water partition coefficient (Wildman–Crippen LogP) is 15.5. The van der Waals surface area contributed by atoms with E-state index in [9.17, 15) is 0 Å². The first-order chi connectivity index (χ1) is 31.5. The number of nitrogens with one attached hydrogen (secondary N) is 1. The molecule has 322 valence electrons. The van der Waals surface area contributed by atoms with Crippen molar-refractivity contribution in [1.82, 2.24) is 4.57 Å². The molecule has 0 atom stereocenters. The molecule has 0 saturated carbocycles. The zero-order valence-corrected chi connectivity index (χ0v) is 40.7. The molecule has 4 heteroatoms. The van der Waals surface area contributed by atoms with Crippen LogP contribution in [0.15, 0.2) is 140 Å². The monoisotopic (exact) mass is 870 g/mol. The van der Waals surface area contributed by atoms with Crippen molar-refractivity contribution in [2.75, 3.05) is 5.32 Å². The van der Waals surface area contributed by atoms with Gasteiger partial charge in [0.2, 0.25) is 0 Å². The fourth-order valence-corrected chi connectivity index (χ4v) is 13.3. The molecule has 1 N–H and O–H groups in total. The fraction of sp³-hybridized carbons (Fsp3) is 0.226. The van der Waals surface area contributed by atoms with Crippen molar-refractivity contribution >= 4 is 82.9 Å². The summed E-state index contributed by atoms with van der Waals surface area (Å²) in [6, 6.07) is 54.4. The number of nitrogens with zero attached hydrogens (tertiary/aromatic N) is 1. The van der Waals surface area contributed by atoms with E-state index in [-0.39, 0.29) is 21.7 Å². The lowest BCUT2D eigenvalue weighted by Gasteiger charge is -2.28. The van der Waals surface area contributed by atoms with Gasteiger partial charge in [-0.05, 0) is 126 Å². The van der Waals surface area contributed by atoms with Crippen molar-refractivity contribution in [1.29, 1.82) is 0 Å². The molecule has 2 aromatic heterocycles. The van der Waals surface area contributed by atoms with Gasteiger partial charge in [-0.25, -0.2) is 0 Å². The molecule has 0 fully saturated rings. The number of benzene rings is 8. The van der Waals surface area contributed by atoms with Crippen LogP contribution in [0.5, 0.6) is 0 Å². The first-order valence-electron chi connectivity index (χ1n) is 23.9. The normalized spacial score (nSPS) is 15.2. The minimum absolute atomic E-state index is 0.0597. The molecule has 0 saturated heterocycles. The molecule has 1 aliphatic heterocycles. The Hall–Kier alpha value is -6.36. The topological polar surface area (TPSA) is 17.0 Å². The Morgan fingerprint density at radius 2 is 1.14 bits per heavy atom. The van der Waals surface area contributed by atoms with Gasteiger partial charge in [0, 0.05) is 69.9 Å². The Bertz CT molecular complexity index is 3770. The highest BCUT2D eigenvalue weighted by molar-refractivity contribution is 7.25. The van der Waals surface area contributed by atoms with Gasteiger partial charge in [0.15, 0.2) is 7.28 Å². The molecule has 2 nitrogen and oxygen atoms in total. The zero-order valence-electron chi connectivity index (χ0n) is 39.8. The molecule has 3 aliphatic rings. The lowest BCUT2D eigenvalue weighted by Crippen LogP contribution is -2.38. The van der Waals surface area contributed by atoms with Crippen LogP contribution >= 0.6 is 11.3 Å². The van der Waals surface area contributed by atoms with E-state index in [1.54, 1.807) is 0 Å². The largest absolute Gasteiger partial charge is 0.355 e. The lowest BCUT2D eigenvalue weighted by molar-refractivity contribution is 0.584. The van der Waals surface area contributed by atoms with E-state index in [4.69, 9.17) is 0 Å². The van der Waals surface area contributed by atoms with Crippen molar-refractivity contribution in [3.8, 4) is 39.1 Å². The van der Waals surface area contributed by atoms with Crippen LogP contribution in [-0.4, -0.2) is 11.8 Å². The molecule has 0 bridgehead atoms. The van der Waals surface area contributed by atoms with E-state index in [0.29, 0.717) is 0 Å². The number of hydrogen-bond acceptors (Lipinski definition) is 2. The maximum absolute atomic E-state index is 4.04. The first-order valence-corrected chi connectivity index (χ1v) is 24.7. The molecule has 2 aliphatic carbocycles. The summed E-state index contributed by atoms with van der Waals surface area (Å²) < 4.78 is 5.34. The summed E-state index contributed by atoms with van der Waals surface area (Å²) >= 11 is 1.91. The van der Waals surface area contributed by atoms with Crippen molar-refractivity contribution in [3.05, 3.63) is 173 Å². The maximum Gasteiger partial charge on any atom is 0.198 e. The van der Waals surface area contributed by atoms with Crippen molar-refractivity contribution < 1.29 is 0 Å². The highest BCUT2D eigenvalue weighted by Crippen LogP contribution is 2.54. The van der Waals surface area contributed by atoms with Gasteiger partial charge in [0.1, 0.15) is 0 Å². The smallest absolute Gasteiger partial charge is 0.198 e. The van der Waals surface area contributed by atoms with Crippen LogP contribution in [0.3, 0.4) is 0 Å². The van der Waals surface area contributed by atoms with Crippen LogP contribution < -0.4 is 16.2 Å². The Morgan fingerprint density at radius 1 is 0.485 bits per heavy atom. The second-order valence-electron chi connectivity index (χ2n) is 22.7. The fourth-order valence-electron chi connectivity index (χ4n) is 12.2. The number of thiophene rings is 1. The highest BCUT2D eigenvalue weighted by Gasteiger charge is 2.40. The molecular formula is C62H55BN2S. The third-order valence-electron chi connectivity index (χ3n) is 15.9. The SMILES string of the molecule is CC(C)(C)c1ccc(Nc2cc3c(cc2-c2ccc4c5cc6sc7ccccc7c6cc5n5c4c2Bc2cc4c(cc2-5)-c2ccccc2C4(C)C)C(C)(C)c2cc(C(C)(C)C)ccc2-3)cc1. The second-order valence-corrected chi connectivity index (χ2v) is 23.8. The van der Waals surface area contributed by atoms with Crippen LogP contribution in [-0.2, 0) is 21.7 Å². The van der Waals surface area contributed by atoms with E-state index < -0.39 is 0 Å². The second kappa shape index (κ2) is 13.2. The predicted molar refractivity (Wildman–Crippen MR) is 288 cm³/mol. The van der Waals surface area contributed by atoms with Gasteiger partial charge in [-0.1, -0.05) is 166 Å². The average molecular weight is 871 g/mol. The Kier molecular flexibility index (Phi) is 7.97.